The standard InChI is InChI=1S/C10H9F4O/c1-15-5-4-7-2-3-8(9(11)6-7)10(12,13)14/h2-4,6H,5H2,1H3. The number of halogens is 4. The highest BCUT2D eigenvalue weighted by atomic mass is 19.4. The fourth-order valence-corrected chi connectivity index (χ4v) is 1.07. The summed E-state index contributed by atoms with van der Waals surface area (Å²) in [4.78, 5) is 0. The molecule has 0 spiro atoms. The van der Waals surface area contributed by atoms with Crippen molar-refractivity contribution < 1.29 is 22.3 Å². The summed E-state index contributed by atoms with van der Waals surface area (Å²) < 4.78 is 54.1. The maximum atomic E-state index is 13.0. The molecule has 0 saturated carbocycles. The molecule has 5 heteroatoms. The molecule has 1 aromatic carbocycles. The largest absolute Gasteiger partial charge is 0.419 e. The summed E-state index contributed by atoms with van der Waals surface area (Å²) >= 11 is 0. The van der Waals surface area contributed by atoms with E-state index in [9.17, 15) is 17.6 Å². The topological polar surface area (TPSA) is 9.23 Å². The third kappa shape index (κ3) is 3.20. The van der Waals surface area contributed by atoms with Gasteiger partial charge in [-0.1, -0.05) is 6.07 Å². The molecule has 0 aromatic heterocycles. The zero-order valence-corrected chi connectivity index (χ0v) is 7.94. The van der Waals surface area contributed by atoms with Crippen molar-refractivity contribution in [1.82, 2.24) is 0 Å². The van der Waals surface area contributed by atoms with Crippen LogP contribution in [0.25, 0.3) is 0 Å². The number of benzene rings is 1. The Balaban J connectivity index is 2.89. The molecular formula is C10H9F4O. The van der Waals surface area contributed by atoms with Crippen molar-refractivity contribution in [3.05, 3.63) is 41.6 Å². The first-order valence-corrected chi connectivity index (χ1v) is 4.14. The summed E-state index contributed by atoms with van der Waals surface area (Å²) in [5, 5.41) is 0. The maximum Gasteiger partial charge on any atom is 0.419 e. The van der Waals surface area contributed by atoms with E-state index in [1.54, 1.807) is 0 Å². The van der Waals surface area contributed by atoms with Gasteiger partial charge < -0.3 is 4.74 Å². The van der Waals surface area contributed by atoms with E-state index in [1.807, 2.05) is 0 Å². The molecule has 1 radical (unpaired) electrons. The molecule has 0 saturated heterocycles. The molecule has 0 unspecified atom stereocenters. The van der Waals surface area contributed by atoms with Crippen LogP contribution >= 0.6 is 0 Å². The van der Waals surface area contributed by atoms with E-state index < -0.39 is 17.6 Å². The van der Waals surface area contributed by atoms with Crippen LogP contribution in [0.3, 0.4) is 0 Å². The van der Waals surface area contributed by atoms with Crippen LogP contribution in [-0.4, -0.2) is 13.7 Å². The minimum atomic E-state index is -4.65. The van der Waals surface area contributed by atoms with Crippen LogP contribution in [0.4, 0.5) is 17.6 Å². The van der Waals surface area contributed by atoms with Crippen LogP contribution < -0.4 is 0 Å². The Kier molecular flexibility index (Phi) is 3.68. The van der Waals surface area contributed by atoms with Gasteiger partial charge in [0.15, 0.2) is 0 Å². The number of hydrogen-bond donors (Lipinski definition) is 0. The molecule has 0 bridgehead atoms. The molecule has 1 nitrogen and oxygen atoms in total. The summed E-state index contributed by atoms with van der Waals surface area (Å²) in [6.07, 6.45) is -3.16. The minimum absolute atomic E-state index is 0.227. The molecule has 15 heavy (non-hydrogen) atoms. The Morgan fingerprint density at radius 1 is 1.33 bits per heavy atom. The van der Waals surface area contributed by atoms with Crippen LogP contribution in [0, 0.1) is 12.2 Å². The van der Waals surface area contributed by atoms with Gasteiger partial charge in [-0.2, -0.15) is 13.2 Å². The van der Waals surface area contributed by atoms with Crippen molar-refractivity contribution in [2.24, 2.45) is 0 Å². The van der Waals surface area contributed by atoms with Crippen LogP contribution in [0.1, 0.15) is 11.1 Å². The second-order valence-electron chi connectivity index (χ2n) is 2.90. The normalized spacial score (nSPS) is 11.8. The number of hydrogen-bond acceptors (Lipinski definition) is 1. The van der Waals surface area contributed by atoms with Crippen LogP contribution in [0.2, 0.25) is 0 Å². The van der Waals surface area contributed by atoms with Gasteiger partial charge in [0, 0.05) is 13.5 Å². The van der Waals surface area contributed by atoms with Crippen molar-refractivity contribution in [2.45, 2.75) is 6.18 Å². The lowest BCUT2D eigenvalue weighted by atomic mass is 10.1. The van der Waals surface area contributed by atoms with Gasteiger partial charge in [-0.05, 0) is 17.7 Å². The highest BCUT2D eigenvalue weighted by Gasteiger charge is 2.33. The zero-order valence-electron chi connectivity index (χ0n) is 7.94. The zero-order chi connectivity index (χ0) is 11.5. The molecular weight excluding hydrogens is 212 g/mol. The van der Waals surface area contributed by atoms with Gasteiger partial charge in [0.1, 0.15) is 5.82 Å². The van der Waals surface area contributed by atoms with Gasteiger partial charge >= 0.3 is 6.18 Å². The number of rotatable bonds is 3. The predicted molar refractivity (Wildman–Crippen MR) is 46.7 cm³/mol. The van der Waals surface area contributed by atoms with E-state index in [0.29, 0.717) is 5.56 Å². The average molecular weight is 221 g/mol. The first-order chi connectivity index (χ1) is 6.95. The summed E-state index contributed by atoms with van der Waals surface area (Å²) in [7, 11) is 1.44. The number of methoxy groups -OCH3 is 1. The SMILES string of the molecule is COC[CH]c1ccc(C(F)(F)F)c(F)c1. The Morgan fingerprint density at radius 3 is 2.47 bits per heavy atom. The summed E-state index contributed by atoms with van der Waals surface area (Å²) in [6.45, 7) is 0.227. The molecule has 0 heterocycles. The van der Waals surface area contributed by atoms with E-state index in [2.05, 4.69) is 4.74 Å². The lowest BCUT2D eigenvalue weighted by Gasteiger charge is -2.08. The number of ether oxygens (including phenoxy) is 1. The highest BCUT2D eigenvalue weighted by molar-refractivity contribution is 5.30. The summed E-state index contributed by atoms with van der Waals surface area (Å²) in [6, 6.07) is 2.75. The van der Waals surface area contributed by atoms with Crippen molar-refractivity contribution >= 4 is 0 Å². The van der Waals surface area contributed by atoms with Gasteiger partial charge in [-0.3, -0.25) is 0 Å². The quantitative estimate of drug-likeness (QED) is 0.713. The summed E-state index contributed by atoms with van der Waals surface area (Å²) in [5.41, 5.74) is -0.889. The van der Waals surface area contributed by atoms with E-state index in [1.165, 1.54) is 19.6 Å². The lowest BCUT2D eigenvalue weighted by Crippen LogP contribution is -2.08. The van der Waals surface area contributed by atoms with Crippen molar-refractivity contribution in [3.63, 3.8) is 0 Å². The Hall–Kier alpha value is -1.10. The highest BCUT2D eigenvalue weighted by Crippen LogP contribution is 2.31. The lowest BCUT2D eigenvalue weighted by molar-refractivity contribution is -0.140. The Morgan fingerprint density at radius 2 is 2.00 bits per heavy atom. The van der Waals surface area contributed by atoms with Crippen LogP contribution in [0.15, 0.2) is 18.2 Å². The Labute approximate surface area is 84.7 Å². The van der Waals surface area contributed by atoms with Gasteiger partial charge in [0.05, 0.1) is 12.2 Å². The molecule has 0 aliphatic heterocycles. The second-order valence-corrected chi connectivity index (χ2v) is 2.90. The van der Waals surface area contributed by atoms with E-state index in [-0.39, 0.29) is 6.61 Å². The van der Waals surface area contributed by atoms with E-state index >= 15 is 0 Å². The molecule has 1 rings (SSSR count). The first-order valence-electron chi connectivity index (χ1n) is 4.14. The van der Waals surface area contributed by atoms with E-state index in [0.717, 1.165) is 12.1 Å². The summed E-state index contributed by atoms with van der Waals surface area (Å²) in [5.74, 6) is -1.27. The molecule has 83 valence electrons. The molecule has 0 amide bonds. The molecule has 0 aliphatic carbocycles. The van der Waals surface area contributed by atoms with Crippen LogP contribution in [-0.2, 0) is 10.9 Å². The van der Waals surface area contributed by atoms with Crippen molar-refractivity contribution in [1.29, 1.82) is 0 Å². The Bertz CT molecular complexity index is 333. The van der Waals surface area contributed by atoms with Crippen molar-refractivity contribution in [3.8, 4) is 0 Å². The van der Waals surface area contributed by atoms with Crippen LogP contribution in [0.5, 0.6) is 0 Å². The monoisotopic (exact) mass is 221 g/mol. The van der Waals surface area contributed by atoms with E-state index in [4.69, 9.17) is 0 Å². The third-order valence-electron chi connectivity index (χ3n) is 1.78. The number of alkyl halides is 3. The second kappa shape index (κ2) is 4.61. The fraction of sp³-hybridized carbons (Fsp3) is 0.300. The smallest absolute Gasteiger partial charge is 0.384 e. The predicted octanol–water partition coefficient (Wildman–Crippen LogP) is 3.04. The van der Waals surface area contributed by atoms with Crippen molar-refractivity contribution in [2.75, 3.05) is 13.7 Å². The van der Waals surface area contributed by atoms with Gasteiger partial charge in [-0.25, -0.2) is 4.39 Å². The molecule has 1 aromatic rings. The first kappa shape index (κ1) is 12.0. The molecule has 0 fully saturated rings. The molecule has 0 aliphatic rings. The van der Waals surface area contributed by atoms with Gasteiger partial charge in [0.25, 0.3) is 0 Å². The minimum Gasteiger partial charge on any atom is -0.384 e. The fourth-order valence-electron chi connectivity index (χ4n) is 1.07. The van der Waals surface area contributed by atoms with Gasteiger partial charge in [-0.15, -0.1) is 0 Å². The average Bonchev–Trinajstić information content (AvgIpc) is 2.12. The maximum absolute atomic E-state index is 13.0. The molecule has 0 N–H and O–H groups in total. The van der Waals surface area contributed by atoms with Gasteiger partial charge in [0.2, 0.25) is 0 Å². The molecule has 0 atom stereocenters. The third-order valence-corrected chi connectivity index (χ3v) is 1.78.